The molecule has 2 N–H and O–H groups in total. The molecule has 6 heteroatoms. The van der Waals surface area contributed by atoms with Crippen LogP contribution in [0.15, 0.2) is 42.5 Å². The second kappa shape index (κ2) is 6.69. The van der Waals surface area contributed by atoms with Crippen molar-refractivity contribution in [3.05, 3.63) is 59.7 Å². The minimum atomic E-state index is -0.602. The van der Waals surface area contributed by atoms with Gasteiger partial charge in [-0.2, -0.15) is 0 Å². The second-order valence-corrected chi connectivity index (χ2v) is 4.28. The summed E-state index contributed by atoms with van der Waals surface area (Å²) in [7, 11) is 1.28. The first-order valence-electron chi connectivity index (χ1n) is 6.21. The minimum Gasteiger partial charge on any atom is -0.453 e. The summed E-state index contributed by atoms with van der Waals surface area (Å²) >= 11 is 0. The number of halogens is 2. The lowest BCUT2D eigenvalue weighted by molar-refractivity contribution is 0.187. The SMILES string of the molecule is COC(=O)Nc1ccc(NCc2ccc(F)cc2F)cc1. The Morgan fingerprint density at radius 2 is 1.76 bits per heavy atom. The van der Waals surface area contributed by atoms with Crippen molar-refractivity contribution in [1.29, 1.82) is 0 Å². The van der Waals surface area contributed by atoms with Gasteiger partial charge in [0.2, 0.25) is 0 Å². The number of amides is 1. The van der Waals surface area contributed by atoms with Crippen molar-refractivity contribution < 1.29 is 18.3 Å². The van der Waals surface area contributed by atoms with Crippen LogP contribution in [0, 0.1) is 11.6 Å². The van der Waals surface area contributed by atoms with Crippen LogP contribution in [0.3, 0.4) is 0 Å². The van der Waals surface area contributed by atoms with E-state index in [2.05, 4.69) is 15.4 Å². The average molecular weight is 292 g/mol. The third-order valence-corrected chi connectivity index (χ3v) is 2.81. The fraction of sp³-hybridized carbons (Fsp3) is 0.133. The molecule has 1 amide bonds. The molecule has 2 rings (SSSR count). The average Bonchev–Trinajstić information content (AvgIpc) is 2.48. The summed E-state index contributed by atoms with van der Waals surface area (Å²) in [6.45, 7) is 0.232. The Kier molecular flexibility index (Phi) is 4.71. The van der Waals surface area contributed by atoms with E-state index in [1.54, 1.807) is 24.3 Å². The Balaban J connectivity index is 1.96. The standard InChI is InChI=1S/C15H14F2N2O2/c1-21-15(20)19-13-6-4-12(5-7-13)18-9-10-2-3-11(16)8-14(10)17/h2-8,18H,9H2,1H3,(H,19,20). The Morgan fingerprint density at radius 1 is 1.10 bits per heavy atom. The van der Waals surface area contributed by atoms with Gasteiger partial charge in [-0.1, -0.05) is 6.07 Å². The molecule has 4 nitrogen and oxygen atoms in total. The van der Waals surface area contributed by atoms with Crippen molar-refractivity contribution >= 4 is 17.5 Å². The molecule has 0 atom stereocenters. The molecule has 0 bridgehead atoms. The molecule has 0 aromatic heterocycles. The topological polar surface area (TPSA) is 50.4 Å². The zero-order chi connectivity index (χ0) is 15.2. The van der Waals surface area contributed by atoms with Gasteiger partial charge in [0.15, 0.2) is 0 Å². The van der Waals surface area contributed by atoms with E-state index >= 15 is 0 Å². The van der Waals surface area contributed by atoms with E-state index in [-0.39, 0.29) is 6.54 Å². The van der Waals surface area contributed by atoms with E-state index in [0.717, 1.165) is 11.8 Å². The van der Waals surface area contributed by atoms with Crippen molar-refractivity contribution in [3.8, 4) is 0 Å². The molecule has 21 heavy (non-hydrogen) atoms. The van der Waals surface area contributed by atoms with E-state index < -0.39 is 17.7 Å². The summed E-state index contributed by atoms with van der Waals surface area (Å²) in [5.74, 6) is -1.19. The first-order valence-corrected chi connectivity index (χ1v) is 6.21. The molecule has 0 aliphatic heterocycles. The monoisotopic (exact) mass is 292 g/mol. The zero-order valence-corrected chi connectivity index (χ0v) is 11.3. The third-order valence-electron chi connectivity index (χ3n) is 2.81. The Morgan fingerprint density at radius 3 is 2.38 bits per heavy atom. The number of hydrogen-bond acceptors (Lipinski definition) is 3. The Hall–Kier alpha value is -2.63. The van der Waals surface area contributed by atoms with Crippen molar-refractivity contribution in [1.82, 2.24) is 0 Å². The van der Waals surface area contributed by atoms with Crippen LogP contribution in [0.1, 0.15) is 5.56 Å². The summed E-state index contributed by atoms with van der Waals surface area (Å²) in [6.07, 6.45) is -0.552. The van der Waals surface area contributed by atoms with Gasteiger partial charge >= 0.3 is 6.09 Å². The van der Waals surface area contributed by atoms with E-state index in [4.69, 9.17) is 0 Å². The van der Waals surface area contributed by atoms with Crippen LogP contribution < -0.4 is 10.6 Å². The van der Waals surface area contributed by atoms with Gasteiger partial charge in [-0.15, -0.1) is 0 Å². The maximum atomic E-state index is 13.5. The molecule has 0 unspecified atom stereocenters. The van der Waals surface area contributed by atoms with Crippen LogP contribution in [0.25, 0.3) is 0 Å². The molecule has 2 aromatic carbocycles. The number of carbonyl (C=O) groups is 1. The number of benzene rings is 2. The van der Waals surface area contributed by atoms with Crippen molar-refractivity contribution in [2.45, 2.75) is 6.54 Å². The highest BCUT2D eigenvalue weighted by atomic mass is 19.1. The number of hydrogen-bond donors (Lipinski definition) is 2. The maximum absolute atomic E-state index is 13.5. The first-order chi connectivity index (χ1) is 10.1. The molecule has 0 heterocycles. The van der Waals surface area contributed by atoms with Gasteiger partial charge in [-0.3, -0.25) is 5.32 Å². The van der Waals surface area contributed by atoms with Crippen LogP contribution in [0.4, 0.5) is 25.0 Å². The van der Waals surface area contributed by atoms with Crippen LogP contribution in [-0.4, -0.2) is 13.2 Å². The molecule has 0 radical (unpaired) electrons. The molecule has 0 aliphatic rings. The molecular weight excluding hydrogens is 278 g/mol. The highest BCUT2D eigenvalue weighted by Gasteiger charge is 2.04. The van der Waals surface area contributed by atoms with Gasteiger partial charge < -0.3 is 10.1 Å². The number of methoxy groups -OCH3 is 1. The van der Waals surface area contributed by atoms with Gasteiger partial charge in [0.1, 0.15) is 11.6 Å². The lowest BCUT2D eigenvalue weighted by atomic mass is 10.2. The summed E-state index contributed by atoms with van der Waals surface area (Å²) in [6, 6.07) is 10.3. The lowest BCUT2D eigenvalue weighted by Gasteiger charge is -2.09. The zero-order valence-electron chi connectivity index (χ0n) is 11.3. The van der Waals surface area contributed by atoms with E-state index in [0.29, 0.717) is 11.3 Å². The molecule has 0 fully saturated rings. The summed E-state index contributed by atoms with van der Waals surface area (Å²) in [4.78, 5) is 11.0. The van der Waals surface area contributed by atoms with Crippen molar-refractivity contribution in [2.24, 2.45) is 0 Å². The van der Waals surface area contributed by atoms with Crippen molar-refractivity contribution in [3.63, 3.8) is 0 Å². The minimum absolute atomic E-state index is 0.232. The van der Waals surface area contributed by atoms with Crippen LogP contribution in [-0.2, 0) is 11.3 Å². The predicted octanol–water partition coefficient (Wildman–Crippen LogP) is 3.76. The molecule has 0 aliphatic carbocycles. The highest BCUT2D eigenvalue weighted by molar-refractivity contribution is 5.84. The second-order valence-electron chi connectivity index (χ2n) is 4.28. The first kappa shape index (κ1) is 14.8. The third kappa shape index (κ3) is 4.17. The molecular formula is C15H14F2N2O2. The highest BCUT2D eigenvalue weighted by Crippen LogP contribution is 2.16. The smallest absolute Gasteiger partial charge is 0.411 e. The number of anilines is 2. The van der Waals surface area contributed by atoms with E-state index in [1.165, 1.54) is 19.2 Å². The molecule has 0 saturated heterocycles. The van der Waals surface area contributed by atoms with Gasteiger partial charge in [0, 0.05) is 29.5 Å². The molecule has 2 aromatic rings. The largest absolute Gasteiger partial charge is 0.453 e. The van der Waals surface area contributed by atoms with Gasteiger partial charge in [0.25, 0.3) is 0 Å². The fourth-order valence-electron chi connectivity index (χ4n) is 1.70. The van der Waals surface area contributed by atoms with Gasteiger partial charge in [0.05, 0.1) is 7.11 Å². The number of rotatable bonds is 4. The maximum Gasteiger partial charge on any atom is 0.411 e. The molecule has 0 saturated carbocycles. The summed E-state index contributed by atoms with van der Waals surface area (Å²) in [5, 5.41) is 5.53. The number of ether oxygens (including phenoxy) is 1. The Bertz CT molecular complexity index is 630. The normalized spacial score (nSPS) is 10.0. The molecule has 0 spiro atoms. The molecule has 110 valence electrons. The van der Waals surface area contributed by atoms with Gasteiger partial charge in [-0.25, -0.2) is 13.6 Å². The van der Waals surface area contributed by atoms with E-state index in [9.17, 15) is 13.6 Å². The predicted molar refractivity (Wildman–Crippen MR) is 76.2 cm³/mol. The van der Waals surface area contributed by atoms with Crippen molar-refractivity contribution in [2.75, 3.05) is 17.7 Å². The van der Waals surface area contributed by atoms with Crippen LogP contribution >= 0.6 is 0 Å². The summed E-state index contributed by atoms with van der Waals surface area (Å²) < 4.78 is 30.7. The summed E-state index contributed by atoms with van der Waals surface area (Å²) in [5.41, 5.74) is 1.70. The fourth-order valence-corrected chi connectivity index (χ4v) is 1.70. The van der Waals surface area contributed by atoms with E-state index in [1.807, 2.05) is 0 Å². The van der Waals surface area contributed by atoms with Crippen LogP contribution in [0.2, 0.25) is 0 Å². The number of nitrogens with one attached hydrogen (secondary N) is 2. The Labute approximate surface area is 120 Å². The lowest BCUT2D eigenvalue weighted by Crippen LogP contribution is -2.10. The number of carbonyl (C=O) groups excluding carboxylic acids is 1. The van der Waals surface area contributed by atoms with Crippen LogP contribution in [0.5, 0.6) is 0 Å². The van der Waals surface area contributed by atoms with Gasteiger partial charge in [-0.05, 0) is 30.3 Å². The quantitative estimate of drug-likeness (QED) is 0.902.